The van der Waals surface area contributed by atoms with Crippen molar-refractivity contribution in [1.29, 1.82) is 0 Å². The molecule has 0 aliphatic carbocycles. The number of nitrogens with zero attached hydrogens (tertiary/aromatic N) is 1. The molecule has 2 aromatic carbocycles. The molecule has 0 spiro atoms. The Kier molecular flexibility index (Phi) is 4.33. The number of Topliss-reactive ketones (excluding diaryl/α,β-unsaturated/α-hetero) is 1. The van der Waals surface area contributed by atoms with Gasteiger partial charge < -0.3 is 14.2 Å². The van der Waals surface area contributed by atoms with Crippen molar-refractivity contribution >= 4 is 16.7 Å². The fraction of sp³-hybridized carbons (Fsp3) is 0.158. The predicted octanol–water partition coefficient (Wildman–Crippen LogP) is 4.25. The fourth-order valence-electron chi connectivity index (χ4n) is 2.44. The number of aromatic nitrogens is 1. The van der Waals surface area contributed by atoms with Crippen LogP contribution in [0.4, 0.5) is 0 Å². The van der Waals surface area contributed by atoms with Crippen molar-refractivity contribution in [2.24, 2.45) is 0 Å². The number of pyridine rings is 1. The smallest absolute Gasteiger partial charge is 0.162 e. The van der Waals surface area contributed by atoms with Crippen LogP contribution in [0, 0.1) is 0 Å². The Morgan fingerprint density at radius 3 is 2.42 bits per heavy atom. The van der Waals surface area contributed by atoms with Crippen molar-refractivity contribution in [3.8, 4) is 23.0 Å². The van der Waals surface area contributed by atoms with Gasteiger partial charge in [-0.3, -0.25) is 9.78 Å². The Hall–Kier alpha value is -3.08. The van der Waals surface area contributed by atoms with Gasteiger partial charge in [0.25, 0.3) is 0 Å². The second kappa shape index (κ2) is 6.58. The van der Waals surface area contributed by atoms with Crippen molar-refractivity contribution < 1.29 is 19.0 Å². The normalized spacial score (nSPS) is 10.5. The molecular weight excluding hydrogens is 306 g/mol. The zero-order chi connectivity index (χ0) is 17.1. The van der Waals surface area contributed by atoms with E-state index in [2.05, 4.69) is 4.98 Å². The molecule has 3 aromatic rings. The van der Waals surface area contributed by atoms with Crippen LogP contribution in [-0.2, 0) is 0 Å². The summed E-state index contributed by atoms with van der Waals surface area (Å²) in [5.74, 6) is 2.41. The lowest BCUT2D eigenvalue weighted by molar-refractivity contribution is 0.101. The Morgan fingerprint density at radius 2 is 1.71 bits per heavy atom. The average Bonchev–Trinajstić information content (AvgIpc) is 2.61. The predicted molar refractivity (Wildman–Crippen MR) is 91.4 cm³/mol. The van der Waals surface area contributed by atoms with Gasteiger partial charge in [-0.1, -0.05) is 12.1 Å². The van der Waals surface area contributed by atoms with Crippen LogP contribution in [0.25, 0.3) is 10.9 Å². The van der Waals surface area contributed by atoms with E-state index in [1.165, 1.54) is 6.92 Å². The van der Waals surface area contributed by atoms with Gasteiger partial charge in [0, 0.05) is 23.2 Å². The van der Waals surface area contributed by atoms with Gasteiger partial charge in [-0.05, 0) is 31.2 Å². The summed E-state index contributed by atoms with van der Waals surface area (Å²) < 4.78 is 16.6. The third-order valence-electron chi connectivity index (χ3n) is 3.68. The summed E-state index contributed by atoms with van der Waals surface area (Å²) in [6.45, 7) is 1.53. The van der Waals surface area contributed by atoms with Crippen molar-refractivity contribution in [2.45, 2.75) is 6.92 Å². The summed E-state index contributed by atoms with van der Waals surface area (Å²) in [6.07, 6.45) is 1.67. The van der Waals surface area contributed by atoms with Crippen molar-refractivity contribution in [3.05, 3.63) is 54.2 Å². The highest BCUT2D eigenvalue weighted by Crippen LogP contribution is 2.36. The van der Waals surface area contributed by atoms with E-state index >= 15 is 0 Å². The summed E-state index contributed by atoms with van der Waals surface area (Å²) in [4.78, 5) is 15.9. The van der Waals surface area contributed by atoms with E-state index in [4.69, 9.17) is 14.2 Å². The molecule has 0 bridgehead atoms. The first-order valence-corrected chi connectivity index (χ1v) is 7.42. The van der Waals surface area contributed by atoms with Crippen LogP contribution in [0.5, 0.6) is 23.0 Å². The van der Waals surface area contributed by atoms with Crippen molar-refractivity contribution in [2.75, 3.05) is 14.2 Å². The molecule has 0 amide bonds. The Balaban J connectivity index is 2.06. The molecule has 0 radical (unpaired) electrons. The van der Waals surface area contributed by atoms with Crippen molar-refractivity contribution in [3.63, 3.8) is 0 Å². The molecule has 0 atom stereocenters. The number of ketones is 1. The van der Waals surface area contributed by atoms with E-state index in [1.54, 1.807) is 56.8 Å². The molecule has 0 saturated carbocycles. The first kappa shape index (κ1) is 15.8. The number of hydrogen-bond acceptors (Lipinski definition) is 5. The standard InChI is InChI=1S/C19H17NO4/c1-12(21)13-5-4-6-14(9-13)24-17-7-8-20-16-11-19(23-3)18(22-2)10-15(16)17/h4-11H,1-3H3. The second-order valence-electron chi connectivity index (χ2n) is 5.22. The van der Waals surface area contributed by atoms with Gasteiger partial charge in [0.1, 0.15) is 11.5 Å². The van der Waals surface area contributed by atoms with Crippen LogP contribution >= 0.6 is 0 Å². The summed E-state index contributed by atoms with van der Waals surface area (Å²) >= 11 is 0. The first-order valence-electron chi connectivity index (χ1n) is 7.42. The molecular formula is C19H17NO4. The van der Waals surface area contributed by atoms with Crippen LogP contribution in [-0.4, -0.2) is 25.0 Å². The molecule has 24 heavy (non-hydrogen) atoms. The molecule has 0 aliphatic heterocycles. The largest absolute Gasteiger partial charge is 0.493 e. The molecule has 0 aliphatic rings. The van der Waals surface area contributed by atoms with Gasteiger partial charge in [-0.2, -0.15) is 0 Å². The molecule has 5 heteroatoms. The van der Waals surface area contributed by atoms with Gasteiger partial charge >= 0.3 is 0 Å². The molecule has 5 nitrogen and oxygen atoms in total. The second-order valence-corrected chi connectivity index (χ2v) is 5.22. The minimum atomic E-state index is -0.00792. The number of fused-ring (bicyclic) bond motifs is 1. The van der Waals surface area contributed by atoms with E-state index in [0.29, 0.717) is 28.6 Å². The maximum absolute atomic E-state index is 11.5. The molecule has 0 N–H and O–H groups in total. The topological polar surface area (TPSA) is 57.7 Å². The maximum atomic E-state index is 11.5. The first-order chi connectivity index (χ1) is 11.6. The molecule has 0 unspecified atom stereocenters. The number of hydrogen-bond donors (Lipinski definition) is 0. The van der Waals surface area contributed by atoms with E-state index in [1.807, 2.05) is 6.07 Å². The minimum absolute atomic E-state index is 0.00792. The lowest BCUT2D eigenvalue weighted by atomic mass is 10.1. The summed E-state index contributed by atoms with van der Waals surface area (Å²) in [5.41, 5.74) is 1.33. The number of carbonyl (C=O) groups excluding carboxylic acids is 1. The van der Waals surface area contributed by atoms with Crippen LogP contribution < -0.4 is 14.2 Å². The van der Waals surface area contributed by atoms with E-state index in [-0.39, 0.29) is 5.78 Å². The van der Waals surface area contributed by atoms with Gasteiger partial charge in [-0.15, -0.1) is 0 Å². The molecule has 1 aromatic heterocycles. The number of ether oxygens (including phenoxy) is 3. The molecule has 1 heterocycles. The van der Waals surface area contributed by atoms with Crippen LogP contribution in [0.3, 0.4) is 0 Å². The maximum Gasteiger partial charge on any atom is 0.162 e. The summed E-state index contributed by atoms with van der Waals surface area (Å²) in [5, 5.41) is 0.795. The number of benzene rings is 2. The zero-order valence-electron chi connectivity index (χ0n) is 13.7. The Morgan fingerprint density at radius 1 is 0.958 bits per heavy atom. The van der Waals surface area contributed by atoms with E-state index in [9.17, 15) is 4.79 Å². The van der Waals surface area contributed by atoms with Crippen LogP contribution in [0.15, 0.2) is 48.7 Å². The highest BCUT2D eigenvalue weighted by molar-refractivity contribution is 5.94. The lowest BCUT2D eigenvalue weighted by Gasteiger charge is -2.12. The third-order valence-corrected chi connectivity index (χ3v) is 3.68. The number of methoxy groups -OCH3 is 2. The van der Waals surface area contributed by atoms with Crippen molar-refractivity contribution in [1.82, 2.24) is 4.98 Å². The van der Waals surface area contributed by atoms with E-state index < -0.39 is 0 Å². The average molecular weight is 323 g/mol. The monoisotopic (exact) mass is 323 g/mol. The highest BCUT2D eigenvalue weighted by Gasteiger charge is 2.11. The minimum Gasteiger partial charge on any atom is -0.493 e. The number of carbonyl (C=O) groups is 1. The van der Waals surface area contributed by atoms with Gasteiger partial charge in [-0.25, -0.2) is 0 Å². The molecule has 0 saturated heterocycles. The van der Waals surface area contributed by atoms with Crippen LogP contribution in [0.1, 0.15) is 17.3 Å². The quantitative estimate of drug-likeness (QED) is 0.657. The molecule has 122 valence electrons. The Labute approximate surface area is 139 Å². The van der Waals surface area contributed by atoms with Gasteiger partial charge in [0.15, 0.2) is 17.3 Å². The fourth-order valence-corrected chi connectivity index (χ4v) is 2.44. The van der Waals surface area contributed by atoms with Gasteiger partial charge in [0.05, 0.1) is 19.7 Å². The number of rotatable bonds is 5. The zero-order valence-corrected chi connectivity index (χ0v) is 13.7. The Bertz CT molecular complexity index is 905. The van der Waals surface area contributed by atoms with Crippen LogP contribution in [0.2, 0.25) is 0 Å². The van der Waals surface area contributed by atoms with E-state index in [0.717, 1.165) is 10.9 Å². The molecule has 0 fully saturated rings. The van der Waals surface area contributed by atoms with Gasteiger partial charge in [0.2, 0.25) is 0 Å². The third kappa shape index (κ3) is 3.01. The highest BCUT2D eigenvalue weighted by atomic mass is 16.5. The lowest BCUT2D eigenvalue weighted by Crippen LogP contribution is -1.95. The SMILES string of the molecule is COc1cc2nccc(Oc3cccc(C(C)=O)c3)c2cc1OC. The summed E-state index contributed by atoms with van der Waals surface area (Å²) in [6, 6.07) is 12.5. The summed E-state index contributed by atoms with van der Waals surface area (Å²) in [7, 11) is 3.16. The molecule has 3 rings (SSSR count).